The number of benzene rings is 1. The molecule has 70 valence electrons. The van der Waals surface area contributed by atoms with E-state index in [0.29, 0.717) is 11.8 Å². The first-order chi connectivity index (χ1) is 6.90. The lowest BCUT2D eigenvalue weighted by molar-refractivity contribution is 0.317. The Bertz CT molecular complexity index is 434. The van der Waals surface area contributed by atoms with Crippen LogP contribution in [-0.4, -0.2) is 10.9 Å². The fourth-order valence-corrected chi connectivity index (χ4v) is 2.17. The van der Waals surface area contributed by atoms with Gasteiger partial charge in [0.15, 0.2) is 0 Å². The van der Waals surface area contributed by atoms with Gasteiger partial charge >= 0.3 is 0 Å². The smallest absolute Gasteiger partial charge is 0.0910 e. The summed E-state index contributed by atoms with van der Waals surface area (Å²) in [5, 5.41) is 12.5. The van der Waals surface area contributed by atoms with Crippen molar-refractivity contribution in [2.75, 3.05) is 0 Å². The zero-order valence-electron chi connectivity index (χ0n) is 7.72. The van der Waals surface area contributed by atoms with Gasteiger partial charge in [-0.15, -0.1) is 0 Å². The molecule has 1 N–H and O–H groups in total. The minimum absolute atomic E-state index is 0.444. The minimum atomic E-state index is 0.444. The van der Waals surface area contributed by atoms with Crippen LogP contribution in [0.15, 0.2) is 35.5 Å². The van der Waals surface area contributed by atoms with E-state index in [-0.39, 0.29) is 0 Å². The summed E-state index contributed by atoms with van der Waals surface area (Å²) >= 11 is 0. The van der Waals surface area contributed by atoms with Crippen LogP contribution in [0.1, 0.15) is 17.5 Å². The second kappa shape index (κ2) is 2.71. The number of hydrogen-bond donors (Lipinski definition) is 1. The molecule has 0 radical (unpaired) electrons. The van der Waals surface area contributed by atoms with Crippen molar-refractivity contribution in [3.63, 3.8) is 0 Å². The van der Waals surface area contributed by atoms with Gasteiger partial charge in [0.2, 0.25) is 0 Å². The first-order valence-corrected chi connectivity index (χ1v) is 4.89. The number of fused-ring (bicyclic) bond motifs is 2. The molecule has 0 saturated heterocycles. The molecule has 2 heteroatoms. The lowest BCUT2D eigenvalue weighted by Crippen LogP contribution is -2.05. The Morgan fingerprint density at radius 1 is 1.29 bits per heavy atom. The Morgan fingerprint density at radius 3 is 3.00 bits per heavy atom. The summed E-state index contributed by atoms with van der Waals surface area (Å²) in [7, 11) is 0. The lowest BCUT2D eigenvalue weighted by atomic mass is 10.0. The van der Waals surface area contributed by atoms with E-state index in [2.05, 4.69) is 23.4 Å². The molecule has 0 aliphatic heterocycles. The molecule has 2 atom stereocenters. The predicted molar refractivity (Wildman–Crippen MR) is 55.4 cm³/mol. The number of oxime groups is 1. The highest BCUT2D eigenvalue weighted by Crippen LogP contribution is 2.45. The van der Waals surface area contributed by atoms with Crippen LogP contribution in [0.5, 0.6) is 0 Å². The molecule has 2 aliphatic rings. The Balaban J connectivity index is 2.20. The van der Waals surface area contributed by atoms with Gasteiger partial charge in [0.05, 0.1) is 5.71 Å². The average Bonchev–Trinajstić information content (AvgIpc) is 2.96. The van der Waals surface area contributed by atoms with Gasteiger partial charge in [-0.05, 0) is 17.9 Å². The van der Waals surface area contributed by atoms with E-state index in [1.807, 2.05) is 18.2 Å². The predicted octanol–water partition coefficient (Wildman–Crippen LogP) is 2.53. The van der Waals surface area contributed by atoms with Crippen molar-refractivity contribution in [3.8, 4) is 0 Å². The van der Waals surface area contributed by atoms with Gasteiger partial charge < -0.3 is 5.21 Å². The van der Waals surface area contributed by atoms with Crippen LogP contribution < -0.4 is 0 Å². The molecular formula is C12H11NO. The van der Waals surface area contributed by atoms with E-state index in [1.165, 1.54) is 0 Å². The molecule has 0 heterocycles. The van der Waals surface area contributed by atoms with Gasteiger partial charge in [0.25, 0.3) is 0 Å². The zero-order chi connectivity index (χ0) is 9.54. The zero-order valence-corrected chi connectivity index (χ0v) is 7.72. The maximum absolute atomic E-state index is 9.02. The minimum Gasteiger partial charge on any atom is -0.411 e. The Morgan fingerprint density at radius 2 is 2.14 bits per heavy atom. The molecule has 2 nitrogen and oxygen atoms in total. The highest BCUT2D eigenvalue weighted by atomic mass is 16.4. The number of nitrogens with zero attached hydrogens (tertiary/aromatic N) is 1. The second-order valence-electron chi connectivity index (χ2n) is 3.94. The van der Waals surface area contributed by atoms with E-state index in [4.69, 9.17) is 5.21 Å². The average molecular weight is 185 g/mol. The van der Waals surface area contributed by atoms with Gasteiger partial charge in [-0.1, -0.05) is 41.6 Å². The molecule has 0 spiro atoms. The molecule has 2 aliphatic carbocycles. The van der Waals surface area contributed by atoms with Crippen molar-refractivity contribution >= 4 is 11.8 Å². The van der Waals surface area contributed by atoms with Crippen molar-refractivity contribution in [2.45, 2.75) is 6.42 Å². The van der Waals surface area contributed by atoms with Gasteiger partial charge in [-0.2, -0.15) is 0 Å². The largest absolute Gasteiger partial charge is 0.411 e. The quantitative estimate of drug-likeness (QED) is 0.489. The maximum Gasteiger partial charge on any atom is 0.0910 e. The van der Waals surface area contributed by atoms with Crippen molar-refractivity contribution in [1.29, 1.82) is 0 Å². The highest BCUT2D eigenvalue weighted by molar-refractivity contribution is 6.07. The first kappa shape index (κ1) is 7.80. The van der Waals surface area contributed by atoms with Gasteiger partial charge in [0, 0.05) is 11.5 Å². The van der Waals surface area contributed by atoms with Crippen LogP contribution >= 0.6 is 0 Å². The molecule has 1 fully saturated rings. The van der Waals surface area contributed by atoms with Crippen molar-refractivity contribution < 1.29 is 5.21 Å². The third-order valence-electron chi connectivity index (χ3n) is 3.06. The van der Waals surface area contributed by atoms with Crippen LogP contribution in [0.3, 0.4) is 0 Å². The van der Waals surface area contributed by atoms with E-state index in [0.717, 1.165) is 23.3 Å². The van der Waals surface area contributed by atoms with Gasteiger partial charge in [0.1, 0.15) is 0 Å². The monoisotopic (exact) mass is 185 g/mol. The van der Waals surface area contributed by atoms with E-state index >= 15 is 0 Å². The summed E-state index contributed by atoms with van der Waals surface area (Å²) in [5.41, 5.74) is 3.10. The SMILES string of the molecule is O/N=C1\c2ccccc2C=C[C@H]2C[C@H]12. The van der Waals surface area contributed by atoms with Crippen molar-refractivity contribution in [2.24, 2.45) is 17.0 Å². The van der Waals surface area contributed by atoms with E-state index < -0.39 is 0 Å². The summed E-state index contributed by atoms with van der Waals surface area (Å²) in [6, 6.07) is 8.08. The topological polar surface area (TPSA) is 32.6 Å². The van der Waals surface area contributed by atoms with Crippen LogP contribution in [-0.2, 0) is 0 Å². The first-order valence-electron chi connectivity index (χ1n) is 4.89. The molecule has 0 unspecified atom stereocenters. The fraction of sp³-hybridized carbons (Fsp3) is 0.250. The number of rotatable bonds is 0. The van der Waals surface area contributed by atoms with E-state index in [9.17, 15) is 0 Å². The van der Waals surface area contributed by atoms with Crippen LogP contribution in [0.25, 0.3) is 6.08 Å². The van der Waals surface area contributed by atoms with Crippen LogP contribution in [0.2, 0.25) is 0 Å². The summed E-state index contributed by atoms with van der Waals surface area (Å²) in [6.07, 6.45) is 5.49. The Hall–Kier alpha value is -1.57. The van der Waals surface area contributed by atoms with E-state index in [1.54, 1.807) is 0 Å². The summed E-state index contributed by atoms with van der Waals surface area (Å²) < 4.78 is 0. The molecular weight excluding hydrogens is 174 g/mol. The standard InChI is InChI=1S/C12H11NO/c14-13-12-10-4-2-1-3-8(10)5-6-9-7-11(9)12/h1-6,9,11,14H,7H2/b13-12+/t9-,11-/m0/s1. The molecule has 0 amide bonds. The molecule has 3 rings (SSSR count). The Labute approximate surface area is 82.6 Å². The third-order valence-corrected chi connectivity index (χ3v) is 3.06. The molecule has 1 aromatic rings. The van der Waals surface area contributed by atoms with Crippen LogP contribution in [0, 0.1) is 11.8 Å². The third kappa shape index (κ3) is 1.00. The van der Waals surface area contributed by atoms with Gasteiger partial charge in [-0.3, -0.25) is 0 Å². The van der Waals surface area contributed by atoms with Crippen molar-refractivity contribution in [1.82, 2.24) is 0 Å². The fourth-order valence-electron chi connectivity index (χ4n) is 2.17. The molecule has 14 heavy (non-hydrogen) atoms. The molecule has 0 bridgehead atoms. The lowest BCUT2D eigenvalue weighted by Gasteiger charge is -2.05. The number of hydrogen-bond acceptors (Lipinski definition) is 2. The van der Waals surface area contributed by atoms with Crippen molar-refractivity contribution in [3.05, 3.63) is 41.5 Å². The molecule has 1 saturated carbocycles. The Kier molecular flexibility index (Phi) is 1.51. The normalized spacial score (nSPS) is 30.7. The van der Waals surface area contributed by atoms with Crippen LogP contribution in [0.4, 0.5) is 0 Å². The summed E-state index contributed by atoms with van der Waals surface area (Å²) in [6.45, 7) is 0. The second-order valence-corrected chi connectivity index (χ2v) is 3.94. The highest BCUT2D eigenvalue weighted by Gasteiger charge is 2.41. The maximum atomic E-state index is 9.02. The number of allylic oxidation sites excluding steroid dienone is 1. The van der Waals surface area contributed by atoms with Gasteiger partial charge in [-0.25, -0.2) is 0 Å². The summed E-state index contributed by atoms with van der Waals surface area (Å²) in [5.74, 6) is 1.04. The molecule has 0 aromatic heterocycles. The summed E-state index contributed by atoms with van der Waals surface area (Å²) in [4.78, 5) is 0. The molecule has 1 aromatic carbocycles.